The number of benzene rings is 3. The lowest BCUT2D eigenvalue weighted by atomic mass is 9.95. The fraction of sp³-hybridized carbons (Fsp3) is 0.103. The van der Waals surface area contributed by atoms with Crippen molar-refractivity contribution in [3.8, 4) is 0 Å². The number of carbonyl (C=O) groups is 2. The van der Waals surface area contributed by atoms with E-state index in [0.29, 0.717) is 26.3 Å². The van der Waals surface area contributed by atoms with Crippen LogP contribution in [0.3, 0.4) is 0 Å². The summed E-state index contributed by atoms with van der Waals surface area (Å²) in [4.78, 5) is 28.5. The molecule has 1 aliphatic rings. The van der Waals surface area contributed by atoms with Crippen LogP contribution >= 0.6 is 34.7 Å². The van der Waals surface area contributed by atoms with Crippen molar-refractivity contribution in [3.05, 3.63) is 118 Å². The second-order valence-electron chi connectivity index (χ2n) is 9.00. The molecule has 39 heavy (non-hydrogen) atoms. The summed E-state index contributed by atoms with van der Waals surface area (Å²) in [7, 11) is 0. The number of aromatic nitrogens is 2. The van der Waals surface area contributed by atoms with Crippen molar-refractivity contribution in [1.29, 1.82) is 0 Å². The number of anilines is 1. The number of rotatable bonds is 7. The lowest BCUT2D eigenvalue weighted by molar-refractivity contribution is -0.117. The monoisotopic (exact) mass is 573 g/mol. The first-order valence-corrected chi connectivity index (χ1v) is 14.1. The molecular weight excluding hydrogens is 554 g/mol. The zero-order chi connectivity index (χ0) is 27.1. The van der Waals surface area contributed by atoms with Crippen LogP contribution in [0.1, 0.15) is 33.3 Å². The predicted molar refractivity (Wildman–Crippen MR) is 153 cm³/mol. The van der Waals surface area contributed by atoms with E-state index in [1.165, 1.54) is 33.6 Å². The number of Topliss-reactive ketones (excluding diaryl/α,β-unsaturated/α-hetero) is 1. The van der Waals surface area contributed by atoms with Crippen LogP contribution in [0.5, 0.6) is 0 Å². The van der Waals surface area contributed by atoms with Gasteiger partial charge in [-0.3, -0.25) is 14.5 Å². The maximum absolute atomic E-state index is 13.7. The number of aryl methyl sites for hydroxylation is 1. The molecule has 0 saturated heterocycles. The molecule has 1 unspecified atom stereocenters. The van der Waals surface area contributed by atoms with Gasteiger partial charge in [0.15, 0.2) is 15.9 Å². The Labute approximate surface area is 236 Å². The summed E-state index contributed by atoms with van der Waals surface area (Å²) in [5.74, 6) is -1.30. The van der Waals surface area contributed by atoms with Crippen molar-refractivity contribution in [2.75, 3.05) is 4.90 Å². The van der Waals surface area contributed by atoms with Gasteiger partial charge in [0.25, 0.3) is 5.91 Å². The number of nitrogens with zero attached hydrogens (tertiary/aromatic N) is 3. The Hall–Kier alpha value is -3.92. The van der Waals surface area contributed by atoms with E-state index in [2.05, 4.69) is 34.5 Å². The number of ketones is 1. The highest BCUT2D eigenvalue weighted by atomic mass is 35.5. The van der Waals surface area contributed by atoms with E-state index < -0.39 is 23.5 Å². The van der Waals surface area contributed by atoms with Gasteiger partial charge in [0.1, 0.15) is 5.58 Å². The molecule has 7 nitrogen and oxygen atoms in total. The lowest BCUT2D eigenvalue weighted by Gasteiger charge is -2.23. The largest absolute Gasteiger partial charge is 0.503 e. The van der Waals surface area contributed by atoms with Crippen LogP contribution in [0.15, 0.2) is 99.0 Å². The Morgan fingerprint density at radius 1 is 1.08 bits per heavy atom. The molecule has 0 radical (unpaired) electrons. The molecule has 1 atom stereocenters. The van der Waals surface area contributed by atoms with Crippen LogP contribution in [0, 0.1) is 6.92 Å². The number of aliphatic hydroxyl groups excluding tert-OH is 1. The number of amides is 1. The van der Waals surface area contributed by atoms with Crippen molar-refractivity contribution in [2.24, 2.45) is 0 Å². The number of carbonyl (C=O) groups excluding carboxylic acids is 2. The van der Waals surface area contributed by atoms with Gasteiger partial charge in [0.05, 0.1) is 11.6 Å². The second kappa shape index (κ2) is 10.3. The summed E-state index contributed by atoms with van der Waals surface area (Å²) in [6.07, 6.45) is 0. The van der Waals surface area contributed by atoms with Crippen molar-refractivity contribution in [2.45, 2.75) is 23.1 Å². The van der Waals surface area contributed by atoms with E-state index in [-0.39, 0.29) is 16.5 Å². The molecule has 0 spiro atoms. The molecule has 3 heterocycles. The molecule has 0 bridgehead atoms. The quantitative estimate of drug-likeness (QED) is 0.124. The molecule has 0 saturated carbocycles. The first-order chi connectivity index (χ1) is 18.9. The lowest BCUT2D eigenvalue weighted by Crippen LogP contribution is -2.31. The standard InChI is InChI=1S/C29H20ClN3O4S2/c1-16-9-11-17(12-10-16)15-38-29-32-31-28(39-29)33-24(19-6-4-7-20(30)13-19)23(26(35)27(33)36)25(34)22-14-18-5-2-3-8-21(18)37-22/h2-14,24,35H,15H2,1H3. The van der Waals surface area contributed by atoms with Crippen LogP contribution in [-0.4, -0.2) is 27.0 Å². The summed E-state index contributed by atoms with van der Waals surface area (Å²) < 4.78 is 6.43. The second-order valence-corrected chi connectivity index (χ2v) is 11.6. The van der Waals surface area contributed by atoms with Crippen molar-refractivity contribution >= 4 is 62.5 Å². The smallest absolute Gasteiger partial charge is 0.296 e. The fourth-order valence-electron chi connectivity index (χ4n) is 4.44. The Bertz CT molecular complexity index is 1730. The van der Waals surface area contributed by atoms with Crippen molar-refractivity contribution < 1.29 is 19.1 Å². The molecule has 194 valence electrons. The maximum Gasteiger partial charge on any atom is 0.296 e. The van der Waals surface area contributed by atoms with Crippen LogP contribution in [0.25, 0.3) is 11.0 Å². The molecule has 1 N–H and O–H groups in total. The summed E-state index contributed by atoms with van der Waals surface area (Å²) in [6.45, 7) is 2.04. The van der Waals surface area contributed by atoms with Gasteiger partial charge in [-0.25, -0.2) is 0 Å². The molecule has 0 aliphatic carbocycles. The summed E-state index contributed by atoms with van der Waals surface area (Å²) in [6, 6.07) is 22.9. The van der Waals surface area contributed by atoms with Crippen molar-refractivity contribution in [1.82, 2.24) is 10.2 Å². The summed E-state index contributed by atoms with van der Waals surface area (Å²) in [5, 5.41) is 21.0. The zero-order valence-corrected chi connectivity index (χ0v) is 22.9. The maximum atomic E-state index is 13.7. The molecule has 1 aliphatic heterocycles. The fourth-order valence-corrected chi connectivity index (χ4v) is 6.46. The third-order valence-electron chi connectivity index (χ3n) is 6.35. The summed E-state index contributed by atoms with van der Waals surface area (Å²) in [5.41, 5.74) is 3.28. The van der Waals surface area contributed by atoms with Gasteiger partial charge in [-0.1, -0.05) is 94.9 Å². The number of aliphatic hydroxyl groups is 1. The van der Waals surface area contributed by atoms with Crippen LogP contribution in [0.2, 0.25) is 5.02 Å². The highest BCUT2D eigenvalue weighted by molar-refractivity contribution is 8.00. The normalized spacial score (nSPS) is 15.5. The molecule has 3 aromatic carbocycles. The Morgan fingerprint density at radius 2 is 1.87 bits per heavy atom. The van der Waals surface area contributed by atoms with E-state index in [1.54, 1.807) is 42.5 Å². The highest BCUT2D eigenvalue weighted by Crippen LogP contribution is 2.44. The highest BCUT2D eigenvalue weighted by Gasteiger charge is 2.46. The first kappa shape index (κ1) is 25.4. The van der Waals surface area contributed by atoms with E-state index in [0.717, 1.165) is 10.9 Å². The van der Waals surface area contributed by atoms with Gasteiger partial charge in [-0.2, -0.15) is 0 Å². The van der Waals surface area contributed by atoms with E-state index in [4.69, 9.17) is 16.0 Å². The number of hydrogen-bond acceptors (Lipinski definition) is 8. The third kappa shape index (κ3) is 4.85. The van der Waals surface area contributed by atoms with Gasteiger partial charge in [-0.15, -0.1) is 10.2 Å². The number of fused-ring (bicyclic) bond motifs is 1. The number of hydrogen-bond donors (Lipinski definition) is 1. The average Bonchev–Trinajstić information content (AvgIpc) is 3.64. The average molecular weight is 574 g/mol. The van der Waals surface area contributed by atoms with Gasteiger partial charge in [0, 0.05) is 16.2 Å². The van der Waals surface area contributed by atoms with E-state index in [1.807, 2.05) is 19.1 Å². The van der Waals surface area contributed by atoms with E-state index in [9.17, 15) is 14.7 Å². The third-order valence-corrected chi connectivity index (χ3v) is 8.71. The molecule has 5 aromatic rings. The minimum atomic E-state index is -0.972. The molecular formula is C29H20ClN3O4S2. The van der Waals surface area contributed by atoms with Gasteiger partial charge in [-0.05, 0) is 42.3 Å². The van der Waals surface area contributed by atoms with Crippen LogP contribution < -0.4 is 4.90 Å². The number of thioether (sulfide) groups is 1. The summed E-state index contributed by atoms with van der Waals surface area (Å²) >= 11 is 9.00. The van der Waals surface area contributed by atoms with Crippen LogP contribution in [0.4, 0.5) is 5.13 Å². The number of halogens is 1. The van der Waals surface area contributed by atoms with Gasteiger partial charge < -0.3 is 9.52 Å². The number of para-hydroxylation sites is 1. The molecule has 2 aromatic heterocycles. The predicted octanol–water partition coefficient (Wildman–Crippen LogP) is 7.32. The molecule has 10 heteroatoms. The Kier molecular flexibility index (Phi) is 6.72. The number of furan rings is 1. The van der Waals surface area contributed by atoms with Gasteiger partial charge in [0.2, 0.25) is 10.9 Å². The van der Waals surface area contributed by atoms with Gasteiger partial charge >= 0.3 is 0 Å². The topological polar surface area (TPSA) is 96.5 Å². The zero-order valence-electron chi connectivity index (χ0n) is 20.5. The first-order valence-electron chi connectivity index (χ1n) is 12.0. The van der Waals surface area contributed by atoms with Crippen molar-refractivity contribution in [3.63, 3.8) is 0 Å². The Morgan fingerprint density at radius 3 is 2.64 bits per heavy atom. The van der Waals surface area contributed by atoms with E-state index >= 15 is 0 Å². The SMILES string of the molecule is Cc1ccc(CSc2nnc(N3C(=O)C(O)=C(C(=O)c4cc5ccccc5o4)C3c3cccc(Cl)c3)s2)cc1. The molecule has 0 fully saturated rings. The minimum absolute atomic E-state index is 0.0195. The Balaban J connectivity index is 1.36. The molecule has 6 rings (SSSR count). The van der Waals surface area contributed by atoms with Crippen LogP contribution in [-0.2, 0) is 10.5 Å². The molecule has 1 amide bonds. The minimum Gasteiger partial charge on any atom is -0.503 e.